The van der Waals surface area contributed by atoms with Gasteiger partial charge in [-0.1, -0.05) is 0 Å². The summed E-state index contributed by atoms with van der Waals surface area (Å²) in [6.07, 6.45) is 2.10. The van der Waals surface area contributed by atoms with Crippen molar-refractivity contribution in [1.82, 2.24) is 5.43 Å². The number of carbonyl (C=O) groups excluding carboxylic acids is 1. The first-order chi connectivity index (χ1) is 12.0. The molecule has 1 aromatic carbocycles. The number of halogens is 1. The molecule has 0 radical (unpaired) electrons. The summed E-state index contributed by atoms with van der Waals surface area (Å²) >= 11 is 5.89. The first-order valence-corrected chi connectivity index (χ1v) is 11.2. The molecule has 1 N–H and O–H groups in total. The van der Waals surface area contributed by atoms with Crippen LogP contribution in [0.2, 0.25) is 0 Å². The van der Waals surface area contributed by atoms with Gasteiger partial charge < -0.3 is 9.47 Å². The molecule has 1 saturated heterocycles. The van der Waals surface area contributed by atoms with Crippen molar-refractivity contribution in [2.75, 3.05) is 24.7 Å². The normalized spacial score (nSPS) is 16.2. The molecule has 1 aliphatic rings. The second-order valence-electron chi connectivity index (χ2n) is 5.50. The molecule has 1 aliphatic heterocycles. The molecule has 1 aromatic rings. The highest BCUT2D eigenvalue weighted by atomic mass is 127. The average Bonchev–Trinajstić information content (AvgIpc) is 2.97. The van der Waals surface area contributed by atoms with Gasteiger partial charge in [0.25, 0.3) is 0 Å². The molecular weight excluding hydrogens is 471 g/mol. The molecule has 0 unspecified atom stereocenters. The van der Waals surface area contributed by atoms with E-state index >= 15 is 0 Å². The predicted octanol–water partition coefficient (Wildman–Crippen LogP) is 4.13. The lowest BCUT2D eigenvalue weighted by Crippen LogP contribution is -2.26. The van der Waals surface area contributed by atoms with Crippen molar-refractivity contribution in [2.45, 2.75) is 31.3 Å². The molecule has 0 spiro atoms. The molecule has 0 aromatic heterocycles. The van der Waals surface area contributed by atoms with Crippen molar-refractivity contribution in [3.63, 3.8) is 0 Å². The Bertz CT molecular complexity index is 635. The predicted molar refractivity (Wildman–Crippen MR) is 115 cm³/mol. The molecule has 0 atom stereocenters. The monoisotopic (exact) mass is 494 g/mol. The van der Waals surface area contributed by atoms with E-state index in [4.69, 9.17) is 9.47 Å². The Balaban J connectivity index is 2.01. The minimum Gasteiger partial charge on any atom is -0.490 e. The topological polar surface area (TPSA) is 59.9 Å². The van der Waals surface area contributed by atoms with E-state index in [0.717, 1.165) is 26.4 Å². The minimum absolute atomic E-state index is 0.0315. The van der Waals surface area contributed by atoms with E-state index in [9.17, 15) is 4.79 Å². The number of hydrogen-bond donors (Lipinski definition) is 1. The van der Waals surface area contributed by atoms with Gasteiger partial charge in [0.05, 0.1) is 33.5 Å². The number of carbonyl (C=O) groups is 1. The van der Waals surface area contributed by atoms with Gasteiger partial charge in [0, 0.05) is 11.5 Å². The third-order valence-corrected chi connectivity index (χ3v) is 7.50. The zero-order valence-electron chi connectivity index (χ0n) is 14.6. The van der Waals surface area contributed by atoms with E-state index in [2.05, 4.69) is 40.0 Å². The molecule has 25 heavy (non-hydrogen) atoms. The summed E-state index contributed by atoms with van der Waals surface area (Å²) in [7, 11) is 0. The summed E-state index contributed by atoms with van der Waals surface area (Å²) < 4.78 is 12.2. The van der Waals surface area contributed by atoms with E-state index < -0.39 is 0 Å². The Hall–Kier alpha value is -0.610. The number of thioether (sulfide) groups is 2. The van der Waals surface area contributed by atoms with E-state index in [1.54, 1.807) is 6.21 Å². The van der Waals surface area contributed by atoms with Crippen LogP contribution >= 0.6 is 46.1 Å². The number of rotatable bonds is 8. The number of ether oxygens (including phenoxy) is 2. The quantitative estimate of drug-likeness (QED) is 0.335. The van der Waals surface area contributed by atoms with Crippen LogP contribution in [0.25, 0.3) is 0 Å². The molecule has 1 fully saturated rings. The SMILES string of the molecule is CCOc1cc(/C=N\NC(=O)CC2(C)SCCS2)cc(I)c1OCC. The molecule has 0 bridgehead atoms. The van der Waals surface area contributed by atoms with Gasteiger partial charge in [0.2, 0.25) is 5.91 Å². The Morgan fingerprint density at radius 3 is 2.64 bits per heavy atom. The molecule has 0 aliphatic carbocycles. The highest BCUT2D eigenvalue weighted by molar-refractivity contribution is 14.1. The minimum atomic E-state index is -0.0636. The number of amides is 1. The largest absolute Gasteiger partial charge is 0.490 e. The van der Waals surface area contributed by atoms with Gasteiger partial charge in [-0.25, -0.2) is 5.43 Å². The smallest absolute Gasteiger partial charge is 0.242 e. The second-order valence-corrected chi connectivity index (χ2v) is 10.1. The lowest BCUT2D eigenvalue weighted by atomic mass is 10.2. The Morgan fingerprint density at radius 1 is 1.32 bits per heavy atom. The summed E-state index contributed by atoms with van der Waals surface area (Å²) in [4.78, 5) is 12.1. The van der Waals surface area contributed by atoms with Crippen molar-refractivity contribution < 1.29 is 14.3 Å². The second kappa shape index (κ2) is 9.91. The van der Waals surface area contributed by atoms with Crippen molar-refractivity contribution >= 4 is 58.2 Å². The molecule has 2 rings (SSSR count). The fourth-order valence-electron chi connectivity index (χ4n) is 2.38. The van der Waals surface area contributed by atoms with Gasteiger partial charge in [-0.2, -0.15) is 5.10 Å². The van der Waals surface area contributed by atoms with Crippen LogP contribution in [-0.2, 0) is 4.79 Å². The molecule has 5 nitrogen and oxygen atoms in total. The molecule has 1 heterocycles. The van der Waals surface area contributed by atoms with Gasteiger partial charge in [0.1, 0.15) is 0 Å². The Morgan fingerprint density at radius 2 is 2.00 bits per heavy atom. The summed E-state index contributed by atoms with van der Waals surface area (Å²) in [6, 6.07) is 3.82. The molecule has 8 heteroatoms. The zero-order valence-corrected chi connectivity index (χ0v) is 18.4. The van der Waals surface area contributed by atoms with Crippen molar-refractivity contribution in [1.29, 1.82) is 0 Å². The number of hydrazone groups is 1. The fraction of sp³-hybridized carbons (Fsp3) is 0.529. The van der Waals surface area contributed by atoms with Crippen LogP contribution < -0.4 is 14.9 Å². The summed E-state index contributed by atoms with van der Waals surface area (Å²) in [5.41, 5.74) is 3.48. The van der Waals surface area contributed by atoms with Crippen LogP contribution in [-0.4, -0.2) is 40.9 Å². The third-order valence-electron chi connectivity index (χ3n) is 3.40. The summed E-state index contributed by atoms with van der Waals surface area (Å²) in [5.74, 6) is 3.57. The van der Waals surface area contributed by atoms with Crippen molar-refractivity contribution in [2.24, 2.45) is 5.10 Å². The maximum atomic E-state index is 12.1. The van der Waals surface area contributed by atoms with Crippen LogP contribution in [0.4, 0.5) is 0 Å². The molecular formula is C17H23IN2O3S2. The third kappa shape index (κ3) is 6.25. The lowest BCUT2D eigenvalue weighted by Gasteiger charge is -2.19. The van der Waals surface area contributed by atoms with Gasteiger partial charge in [-0.05, 0) is 61.1 Å². The van der Waals surface area contributed by atoms with Crippen LogP contribution in [0.1, 0.15) is 32.8 Å². The fourth-order valence-corrected chi connectivity index (χ4v) is 5.99. The van der Waals surface area contributed by atoms with Gasteiger partial charge in [0.15, 0.2) is 11.5 Å². The average molecular weight is 494 g/mol. The first-order valence-electron chi connectivity index (χ1n) is 8.16. The zero-order chi connectivity index (χ0) is 18.3. The maximum absolute atomic E-state index is 12.1. The lowest BCUT2D eigenvalue weighted by molar-refractivity contribution is -0.121. The number of benzene rings is 1. The first kappa shape index (κ1) is 20.7. The standard InChI is InChI=1S/C17H23IN2O3S2/c1-4-22-14-9-12(8-13(18)16(14)23-5-2)11-19-20-15(21)10-17(3)24-6-7-25-17/h8-9,11H,4-7,10H2,1-3H3,(H,20,21)/b19-11-. The van der Waals surface area contributed by atoms with E-state index in [1.165, 1.54) is 0 Å². The van der Waals surface area contributed by atoms with Crippen molar-refractivity contribution in [3.8, 4) is 11.5 Å². The summed E-state index contributed by atoms with van der Waals surface area (Å²) in [6.45, 7) is 7.12. The highest BCUT2D eigenvalue weighted by Gasteiger charge is 2.32. The summed E-state index contributed by atoms with van der Waals surface area (Å²) in [5, 5.41) is 4.09. The van der Waals surface area contributed by atoms with E-state index in [0.29, 0.717) is 25.4 Å². The number of hydrogen-bond acceptors (Lipinski definition) is 6. The van der Waals surface area contributed by atoms with E-state index in [1.807, 2.05) is 49.5 Å². The highest BCUT2D eigenvalue weighted by Crippen LogP contribution is 2.45. The number of nitrogens with zero attached hydrogens (tertiary/aromatic N) is 1. The molecule has 0 saturated carbocycles. The Labute approximate surface area is 171 Å². The van der Waals surface area contributed by atoms with Gasteiger partial charge >= 0.3 is 0 Å². The number of nitrogens with one attached hydrogen (secondary N) is 1. The molecule has 1 amide bonds. The molecule has 138 valence electrons. The van der Waals surface area contributed by atoms with Crippen molar-refractivity contribution in [3.05, 3.63) is 21.3 Å². The van der Waals surface area contributed by atoms with Gasteiger partial charge in [-0.3, -0.25) is 4.79 Å². The van der Waals surface area contributed by atoms with Gasteiger partial charge in [-0.15, -0.1) is 23.5 Å². The maximum Gasteiger partial charge on any atom is 0.242 e. The van der Waals surface area contributed by atoms with Crippen LogP contribution in [0.3, 0.4) is 0 Å². The van der Waals surface area contributed by atoms with Crippen LogP contribution in [0.5, 0.6) is 11.5 Å². The van der Waals surface area contributed by atoms with E-state index in [-0.39, 0.29) is 9.99 Å². The Kier molecular flexibility index (Phi) is 8.21. The van der Waals surface area contributed by atoms with Crippen LogP contribution in [0, 0.1) is 3.57 Å². The van der Waals surface area contributed by atoms with Crippen LogP contribution in [0.15, 0.2) is 17.2 Å².